The van der Waals surface area contributed by atoms with Crippen LogP contribution in [-0.4, -0.2) is 37.1 Å². The van der Waals surface area contributed by atoms with Gasteiger partial charge in [-0.15, -0.1) is 0 Å². The number of carbonyl (C=O) groups is 1. The van der Waals surface area contributed by atoms with Crippen LogP contribution in [0.2, 0.25) is 0 Å². The molecule has 4 atom stereocenters. The Kier molecular flexibility index (Phi) is 3.31. The molecule has 19 heavy (non-hydrogen) atoms. The molecule has 0 aromatic heterocycles. The topological polar surface area (TPSA) is 29.5 Å². The van der Waals surface area contributed by atoms with E-state index in [9.17, 15) is 4.79 Å². The highest BCUT2D eigenvalue weighted by Crippen LogP contribution is 2.46. The van der Waals surface area contributed by atoms with Gasteiger partial charge in [0.25, 0.3) is 0 Å². The number of fused-ring (bicyclic) bond motifs is 2. The number of carbonyl (C=O) groups excluding carboxylic acids is 1. The monoisotopic (exact) mass is 259 g/mol. The Morgan fingerprint density at radius 2 is 2.00 bits per heavy atom. The maximum atomic E-state index is 12.2. The van der Waals surface area contributed by atoms with Gasteiger partial charge in [-0.3, -0.25) is 9.69 Å². The third-order valence-corrected chi connectivity index (χ3v) is 4.97. The molecule has 3 rings (SSSR count). The van der Waals surface area contributed by atoms with E-state index in [2.05, 4.69) is 36.2 Å². The molecule has 3 heteroatoms. The molecule has 2 aliphatic rings. The van der Waals surface area contributed by atoms with Crippen LogP contribution in [0.25, 0.3) is 0 Å². The van der Waals surface area contributed by atoms with E-state index < -0.39 is 0 Å². The first-order valence-electron chi connectivity index (χ1n) is 7.07. The van der Waals surface area contributed by atoms with Crippen molar-refractivity contribution in [1.29, 1.82) is 0 Å². The summed E-state index contributed by atoms with van der Waals surface area (Å²) >= 11 is 0. The van der Waals surface area contributed by atoms with Crippen LogP contribution in [0.4, 0.5) is 0 Å². The van der Waals surface area contributed by atoms with E-state index in [4.69, 9.17) is 4.74 Å². The molecule has 0 saturated carbocycles. The van der Waals surface area contributed by atoms with Crippen molar-refractivity contribution in [2.75, 3.05) is 14.2 Å². The molecule has 2 bridgehead atoms. The average molecular weight is 259 g/mol. The summed E-state index contributed by atoms with van der Waals surface area (Å²) in [6.07, 6.45) is 3.39. The van der Waals surface area contributed by atoms with Crippen LogP contribution in [0.1, 0.15) is 30.7 Å². The van der Waals surface area contributed by atoms with Gasteiger partial charge in [-0.1, -0.05) is 30.3 Å². The number of nitrogens with zero attached hydrogens (tertiary/aromatic N) is 1. The van der Waals surface area contributed by atoms with Crippen LogP contribution in [0.15, 0.2) is 30.3 Å². The Balaban J connectivity index is 1.96. The quantitative estimate of drug-likeness (QED) is 0.764. The first kappa shape index (κ1) is 12.7. The largest absolute Gasteiger partial charge is 0.469 e. The fraction of sp³-hybridized carbons (Fsp3) is 0.562. The molecule has 2 saturated heterocycles. The van der Waals surface area contributed by atoms with Crippen molar-refractivity contribution in [3.8, 4) is 0 Å². The zero-order chi connectivity index (χ0) is 13.4. The molecule has 102 valence electrons. The highest BCUT2D eigenvalue weighted by molar-refractivity contribution is 5.75. The van der Waals surface area contributed by atoms with Gasteiger partial charge in [-0.25, -0.2) is 0 Å². The molecule has 2 heterocycles. The molecule has 0 N–H and O–H groups in total. The summed E-state index contributed by atoms with van der Waals surface area (Å²) in [5.41, 5.74) is 1.28. The van der Waals surface area contributed by atoms with E-state index in [1.54, 1.807) is 0 Å². The van der Waals surface area contributed by atoms with E-state index in [-0.39, 0.29) is 11.9 Å². The van der Waals surface area contributed by atoms with Crippen LogP contribution < -0.4 is 0 Å². The molecular weight excluding hydrogens is 238 g/mol. The lowest BCUT2D eigenvalue weighted by Gasteiger charge is -2.41. The molecule has 0 radical (unpaired) electrons. The first-order valence-corrected chi connectivity index (χ1v) is 7.07. The predicted molar refractivity (Wildman–Crippen MR) is 73.9 cm³/mol. The van der Waals surface area contributed by atoms with Crippen molar-refractivity contribution in [2.24, 2.45) is 5.92 Å². The molecule has 2 aliphatic heterocycles. The molecule has 3 nitrogen and oxygen atoms in total. The number of piperidine rings is 1. The minimum Gasteiger partial charge on any atom is -0.469 e. The molecule has 0 amide bonds. The minimum atomic E-state index is -0.0500. The van der Waals surface area contributed by atoms with Gasteiger partial charge in [0.15, 0.2) is 0 Å². The second kappa shape index (κ2) is 4.97. The Bertz CT molecular complexity index is 459. The summed E-state index contributed by atoms with van der Waals surface area (Å²) in [5.74, 6) is 0.240. The van der Waals surface area contributed by atoms with Crippen molar-refractivity contribution < 1.29 is 9.53 Å². The normalized spacial score (nSPS) is 34.2. The standard InChI is InChI=1S/C16H21NO2/c1-17-12-8-9-14(17)15(16(18)19-2)13(10-12)11-6-4-3-5-7-11/h3-7,12-15H,8-10H2,1-2H3/t12-,13+,14?,15?/m1/s1. The first-order chi connectivity index (χ1) is 9.22. The third-order valence-electron chi connectivity index (χ3n) is 4.97. The molecule has 0 aliphatic carbocycles. The number of methoxy groups -OCH3 is 1. The lowest BCUT2D eigenvalue weighted by atomic mass is 9.76. The zero-order valence-electron chi connectivity index (χ0n) is 11.6. The molecular formula is C16H21NO2. The molecule has 2 unspecified atom stereocenters. The van der Waals surface area contributed by atoms with E-state index in [0.29, 0.717) is 18.0 Å². The van der Waals surface area contributed by atoms with Crippen LogP contribution in [-0.2, 0) is 9.53 Å². The van der Waals surface area contributed by atoms with E-state index in [1.807, 2.05) is 6.07 Å². The lowest BCUT2D eigenvalue weighted by molar-refractivity contribution is -0.150. The predicted octanol–water partition coefficient (Wildman–Crippen LogP) is 2.43. The summed E-state index contributed by atoms with van der Waals surface area (Å²) < 4.78 is 5.07. The van der Waals surface area contributed by atoms with Crippen molar-refractivity contribution in [3.63, 3.8) is 0 Å². The van der Waals surface area contributed by atoms with Gasteiger partial charge < -0.3 is 4.74 Å². The smallest absolute Gasteiger partial charge is 0.310 e. The molecule has 1 aromatic carbocycles. The molecule has 0 spiro atoms. The Labute approximate surface area is 114 Å². The average Bonchev–Trinajstić information content (AvgIpc) is 2.70. The van der Waals surface area contributed by atoms with Crippen molar-refractivity contribution in [3.05, 3.63) is 35.9 Å². The molecule has 1 aromatic rings. The van der Waals surface area contributed by atoms with Gasteiger partial charge >= 0.3 is 5.97 Å². The Morgan fingerprint density at radius 3 is 2.68 bits per heavy atom. The van der Waals surface area contributed by atoms with Gasteiger partial charge in [0, 0.05) is 18.0 Å². The maximum absolute atomic E-state index is 12.2. The van der Waals surface area contributed by atoms with Crippen LogP contribution in [0.3, 0.4) is 0 Å². The zero-order valence-corrected chi connectivity index (χ0v) is 11.6. The van der Waals surface area contributed by atoms with Crippen molar-refractivity contribution in [1.82, 2.24) is 4.90 Å². The summed E-state index contributed by atoms with van der Waals surface area (Å²) in [7, 11) is 3.66. The highest BCUT2D eigenvalue weighted by atomic mass is 16.5. The minimum absolute atomic E-state index is 0.0175. The van der Waals surface area contributed by atoms with Crippen molar-refractivity contribution >= 4 is 5.97 Å². The van der Waals surface area contributed by atoms with Gasteiger partial charge in [-0.05, 0) is 31.9 Å². The second-order valence-electron chi connectivity index (χ2n) is 5.77. The third kappa shape index (κ3) is 2.06. The van der Waals surface area contributed by atoms with Crippen LogP contribution in [0.5, 0.6) is 0 Å². The number of hydrogen-bond donors (Lipinski definition) is 0. The molecule has 2 fully saturated rings. The summed E-state index contributed by atoms with van der Waals surface area (Å²) in [5, 5.41) is 0. The highest BCUT2D eigenvalue weighted by Gasteiger charge is 2.49. The van der Waals surface area contributed by atoms with Crippen LogP contribution in [0, 0.1) is 5.92 Å². The summed E-state index contributed by atoms with van der Waals surface area (Å²) in [6.45, 7) is 0. The van der Waals surface area contributed by atoms with Crippen LogP contribution >= 0.6 is 0 Å². The second-order valence-corrected chi connectivity index (χ2v) is 5.77. The number of hydrogen-bond acceptors (Lipinski definition) is 3. The van der Waals surface area contributed by atoms with Gasteiger partial charge in [0.2, 0.25) is 0 Å². The van der Waals surface area contributed by atoms with E-state index >= 15 is 0 Å². The van der Waals surface area contributed by atoms with Gasteiger partial charge in [-0.2, -0.15) is 0 Å². The Hall–Kier alpha value is -1.35. The number of ether oxygens (including phenoxy) is 1. The maximum Gasteiger partial charge on any atom is 0.310 e. The van der Waals surface area contributed by atoms with Gasteiger partial charge in [0.05, 0.1) is 13.0 Å². The summed E-state index contributed by atoms with van der Waals surface area (Å²) in [6, 6.07) is 11.4. The lowest BCUT2D eigenvalue weighted by Crippen LogP contribution is -2.49. The number of rotatable bonds is 2. The number of benzene rings is 1. The van der Waals surface area contributed by atoms with E-state index in [1.165, 1.54) is 19.1 Å². The number of esters is 1. The fourth-order valence-corrected chi connectivity index (χ4v) is 3.97. The summed E-state index contributed by atoms with van der Waals surface area (Å²) in [4.78, 5) is 14.6. The van der Waals surface area contributed by atoms with E-state index in [0.717, 1.165) is 12.8 Å². The van der Waals surface area contributed by atoms with Crippen molar-refractivity contribution in [2.45, 2.75) is 37.3 Å². The SMILES string of the molecule is COC(=O)C1C2CC[C@H](C[C@H]1c1ccccc1)N2C. The fourth-order valence-electron chi connectivity index (χ4n) is 3.97. The Morgan fingerprint density at radius 1 is 1.26 bits per heavy atom. The van der Waals surface area contributed by atoms with Gasteiger partial charge in [0.1, 0.15) is 0 Å².